The second kappa shape index (κ2) is 5.85. The molecule has 0 radical (unpaired) electrons. The minimum absolute atomic E-state index is 0.173. The molecule has 0 amide bonds. The number of sulfonamides is 1. The number of nitrogens with one attached hydrogen (secondary N) is 1. The highest BCUT2D eigenvalue weighted by atomic mass is 32.2. The zero-order valence-corrected chi connectivity index (χ0v) is 13.7. The second-order valence-electron chi connectivity index (χ2n) is 5.77. The van der Waals surface area contributed by atoms with Crippen molar-refractivity contribution in [2.75, 3.05) is 6.54 Å². The molecule has 0 atom stereocenters. The Bertz CT molecular complexity index is 762. The van der Waals surface area contributed by atoms with E-state index in [4.69, 9.17) is 0 Å². The maximum atomic E-state index is 11.8. The third kappa shape index (κ3) is 3.08. The highest BCUT2D eigenvalue weighted by Gasteiger charge is 2.35. The van der Waals surface area contributed by atoms with E-state index in [1.807, 2.05) is 36.7 Å². The molecule has 1 heterocycles. The van der Waals surface area contributed by atoms with E-state index in [9.17, 15) is 8.42 Å². The fourth-order valence-corrected chi connectivity index (χ4v) is 4.10. The normalized spacial score (nSPS) is 15.2. The molecule has 2 aromatic rings. The Morgan fingerprint density at radius 3 is 2.55 bits per heavy atom. The van der Waals surface area contributed by atoms with Gasteiger partial charge in [-0.25, -0.2) is 13.1 Å². The lowest BCUT2D eigenvalue weighted by atomic mass is 10.0. The van der Waals surface area contributed by atoms with Crippen molar-refractivity contribution in [3.8, 4) is 11.1 Å². The van der Waals surface area contributed by atoms with Gasteiger partial charge in [0.05, 0.1) is 17.5 Å². The van der Waals surface area contributed by atoms with Crippen molar-refractivity contribution in [2.45, 2.75) is 38.5 Å². The third-order valence-corrected chi connectivity index (χ3v) is 5.99. The molecule has 0 aliphatic heterocycles. The van der Waals surface area contributed by atoms with E-state index in [-0.39, 0.29) is 5.25 Å². The lowest BCUT2D eigenvalue weighted by Crippen LogP contribution is -2.30. The lowest BCUT2D eigenvalue weighted by molar-refractivity contribution is 0.553. The molecule has 0 unspecified atom stereocenters. The summed E-state index contributed by atoms with van der Waals surface area (Å²) in [6.45, 7) is 4.94. The Hall–Kier alpha value is -1.66. The van der Waals surface area contributed by atoms with Gasteiger partial charge in [0.2, 0.25) is 10.0 Å². The van der Waals surface area contributed by atoms with E-state index >= 15 is 0 Å². The summed E-state index contributed by atoms with van der Waals surface area (Å²) in [5.41, 5.74) is 4.30. The fraction of sp³-hybridized carbons (Fsp3) is 0.438. The first kappa shape index (κ1) is 15.2. The number of aromatic nitrogens is 2. The van der Waals surface area contributed by atoms with Gasteiger partial charge in [-0.2, -0.15) is 5.10 Å². The summed E-state index contributed by atoms with van der Waals surface area (Å²) >= 11 is 0. The number of hydrogen-bond acceptors (Lipinski definition) is 3. The number of hydrogen-bond donors (Lipinski definition) is 1. The van der Waals surface area contributed by atoms with E-state index < -0.39 is 10.0 Å². The minimum atomic E-state index is -3.12. The molecule has 0 bridgehead atoms. The highest BCUT2D eigenvalue weighted by Crippen LogP contribution is 2.28. The van der Waals surface area contributed by atoms with Gasteiger partial charge in [0.15, 0.2) is 0 Å². The SMILES string of the molecule is Cc1nn(CCNS(=O)(=O)C2CC2)c(C)c1-c1ccccc1. The standard InChI is InChI=1S/C16H21N3O2S/c1-12-16(14-6-4-3-5-7-14)13(2)19(18-12)11-10-17-22(20,21)15-8-9-15/h3-7,15,17H,8-11H2,1-2H3. The zero-order valence-electron chi connectivity index (χ0n) is 12.9. The highest BCUT2D eigenvalue weighted by molar-refractivity contribution is 7.90. The summed E-state index contributed by atoms with van der Waals surface area (Å²) in [6, 6.07) is 10.1. The van der Waals surface area contributed by atoms with E-state index in [1.165, 1.54) is 0 Å². The average molecular weight is 319 g/mol. The molecule has 5 nitrogen and oxygen atoms in total. The van der Waals surface area contributed by atoms with E-state index in [0.29, 0.717) is 13.1 Å². The largest absolute Gasteiger partial charge is 0.268 e. The molecule has 1 saturated carbocycles. The quantitative estimate of drug-likeness (QED) is 0.888. The molecule has 0 saturated heterocycles. The molecule has 1 aliphatic rings. The number of rotatable bonds is 6. The van der Waals surface area contributed by atoms with Crippen LogP contribution in [0.3, 0.4) is 0 Å². The Labute approximate surface area is 131 Å². The van der Waals surface area contributed by atoms with Gasteiger partial charge in [0.25, 0.3) is 0 Å². The van der Waals surface area contributed by atoms with Gasteiger partial charge in [-0.1, -0.05) is 30.3 Å². The van der Waals surface area contributed by atoms with Crippen molar-refractivity contribution in [2.24, 2.45) is 0 Å². The van der Waals surface area contributed by atoms with Gasteiger partial charge in [0.1, 0.15) is 0 Å². The Balaban J connectivity index is 1.73. The Kier molecular flexibility index (Phi) is 4.06. The number of nitrogens with zero attached hydrogens (tertiary/aromatic N) is 2. The van der Waals surface area contributed by atoms with Crippen molar-refractivity contribution in [1.29, 1.82) is 0 Å². The fourth-order valence-electron chi connectivity index (χ4n) is 2.73. The summed E-state index contributed by atoms with van der Waals surface area (Å²) in [5, 5.41) is 4.38. The molecule has 1 fully saturated rings. The van der Waals surface area contributed by atoms with Crippen molar-refractivity contribution >= 4 is 10.0 Å². The molecular formula is C16H21N3O2S. The van der Waals surface area contributed by atoms with E-state index in [2.05, 4.69) is 22.0 Å². The first-order valence-corrected chi connectivity index (χ1v) is 9.11. The summed E-state index contributed by atoms with van der Waals surface area (Å²) in [4.78, 5) is 0. The summed E-state index contributed by atoms with van der Waals surface area (Å²) in [6.07, 6.45) is 1.57. The molecule has 1 aliphatic carbocycles. The molecule has 1 N–H and O–H groups in total. The van der Waals surface area contributed by atoms with Gasteiger partial charge in [-0.15, -0.1) is 0 Å². The van der Waals surface area contributed by atoms with Gasteiger partial charge in [-0.3, -0.25) is 4.68 Å². The molecule has 118 valence electrons. The topological polar surface area (TPSA) is 64.0 Å². The van der Waals surface area contributed by atoms with Gasteiger partial charge < -0.3 is 0 Å². The van der Waals surface area contributed by atoms with Crippen LogP contribution in [0.2, 0.25) is 0 Å². The summed E-state index contributed by atoms with van der Waals surface area (Å²) in [5.74, 6) is 0. The van der Waals surface area contributed by atoms with Gasteiger partial charge in [-0.05, 0) is 32.3 Å². The maximum Gasteiger partial charge on any atom is 0.214 e. The van der Waals surface area contributed by atoms with Crippen molar-refractivity contribution < 1.29 is 8.42 Å². The first-order valence-electron chi connectivity index (χ1n) is 7.57. The number of benzene rings is 1. The van der Waals surface area contributed by atoms with Gasteiger partial charge in [0, 0.05) is 17.8 Å². The molecule has 1 aromatic carbocycles. The summed E-state index contributed by atoms with van der Waals surface area (Å²) < 4.78 is 28.2. The van der Waals surface area contributed by atoms with Crippen LogP contribution < -0.4 is 4.72 Å². The van der Waals surface area contributed by atoms with Crippen molar-refractivity contribution in [1.82, 2.24) is 14.5 Å². The monoisotopic (exact) mass is 319 g/mol. The van der Waals surface area contributed by atoms with Crippen LogP contribution in [0.1, 0.15) is 24.2 Å². The Morgan fingerprint density at radius 1 is 1.23 bits per heavy atom. The Morgan fingerprint density at radius 2 is 1.91 bits per heavy atom. The molecular weight excluding hydrogens is 298 g/mol. The molecule has 1 aromatic heterocycles. The van der Waals surface area contributed by atoms with Crippen LogP contribution in [-0.2, 0) is 16.6 Å². The van der Waals surface area contributed by atoms with Gasteiger partial charge >= 0.3 is 0 Å². The van der Waals surface area contributed by atoms with Crippen molar-refractivity contribution in [3.63, 3.8) is 0 Å². The van der Waals surface area contributed by atoms with Crippen LogP contribution in [0, 0.1) is 13.8 Å². The van der Waals surface area contributed by atoms with Crippen molar-refractivity contribution in [3.05, 3.63) is 41.7 Å². The smallest absolute Gasteiger partial charge is 0.214 e. The molecule has 3 rings (SSSR count). The predicted molar refractivity (Wildman–Crippen MR) is 87.1 cm³/mol. The summed E-state index contributed by atoms with van der Waals surface area (Å²) in [7, 11) is -3.12. The van der Waals surface area contributed by atoms with Crippen LogP contribution in [0.4, 0.5) is 0 Å². The number of aryl methyl sites for hydroxylation is 1. The lowest BCUT2D eigenvalue weighted by Gasteiger charge is -2.08. The van der Waals surface area contributed by atoms with E-state index in [1.54, 1.807) is 0 Å². The predicted octanol–water partition coefficient (Wildman–Crippen LogP) is 2.25. The molecule has 22 heavy (non-hydrogen) atoms. The van der Waals surface area contributed by atoms with Crippen LogP contribution in [0.25, 0.3) is 11.1 Å². The third-order valence-electron chi connectivity index (χ3n) is 4.03. The minimum Gasteiger partial charge on any atom is -0.268 e. The zero-order chi connectivity index (χ0) is 15.7. The second-order valence-corrected chi connectivity index (χ2v) is 7.82. The molecule has 6 heteroatoms. The van der Waals surface area contributed by atoms with Crippen LogP contribution in [0.15, 0.2) is 30.3 Å². The van der Waals surface area contributed by atoms with E-state index in [0.717, 1.165) is 35.4 Å². The van der Waals surface area contributed by atoms with Crippen LogP contribution >= 0.6 is 0 Å². The average Bonchev–Trinajstić information content (AvgIpc) is 3.29. The van der Waals surface area contributed by atoms with Crippen LogP contribution in [-0.4, -0.2) is 30.0 Å². The molecule has 0 spiro atoms. The first-order chi connectivity index (χ1) is 10.5. The van der Waals surface area contributed by atoms with Crippen LogP contribution in [0.5, 0.6) is 0 Å². The maximum absolute atomic E-state index is 11.8.